The Bertz CT molecular complexity index is 706. The Morgan fingerprint density at radius 1 is 0.760 bits per heavy atom. The highest BCUT2D eigenvalue weighted by atomic mass is 15.0. The lowest BCUT2D eigenvalue weighted by Crippen LogP contribution is -2.09. The summed E-state index contributed by atoms with van der Waals surface area (Å²) in [5.41, 5.74) is 3.73. The Morgan fingerprint density at radius 3 is 2.08 bits per heavy atom. The predicted molar refractivity (Wildman–Crippen MR) is 104 cm³/mol. The first kappa shape index (κ1) is 17.2. The van der Waals surface area contributed by atoms with Crippen LogP contribution in [0.4, 0.5) is 5.82 Å². The van der Waals surface area contributed by atoms with E-state index in [1.54, 1.807) is 0 Å². The molecule has 3 nitrogen and oxygen atoms in total. The van der Waals surface area contributed by atoms with Gasteiger partial charge in [-0.15, -0.1) is 0 Å². The van der Waals surface area contributed by atoms with Gasteiger partial charge in [0.05, 0.1) is 0 Å². The van der Waals surface area contributed by atoms with Crippen LogP contribution in [0, 0.1) is 6.92 Å². The smallest absolute Gasteiger partial charge is 0.130 e. The molecule has 0 radical (unpaired) electrons. The number of aromatic nitrogens is 2. The van der Waals surface area contributed by atoms with Crippen molar-refractivity contribution in [3.05, 3.63) is 89.4 Å². The number of anilines is 1. The van der Waals surface area contributed by atoms with E-state index in [0.717, 1.165) is 49.6 Å². The lowest BCUT2D eigenvalue weighted by molar-refractivity contribution is 0.765. The highest BCUT2D eigenvalue weighted by Gasteiger charge is 2.03. The fourth-order valence-electron chi connectivity index (χ4n) is 2.91. The SMILES string of the molecule is Cc1cc(NCCc2ccccc2)nc(CCCc2ccccc2)n1. The largest absolute Gasteiger partial charge is 0.370 e. The van der Waals surface area contributed by atoms with Crippen LogP contribution in [0.25, 0.3) is 0 Å². The van der Waals surface area contributed by atoms with E-state index >= 15 is 0 Å². The topological polar surface area (TPSA) is 37.8 Å². The van der Waals surface area contributed by atoms with Crippen LogP contribution in [0.5, 0.6) is 0 Å². The molecule has 0 atom stereocenters. The highest BCUT2D eigenvalue weighted by Crippen LogP contribution is 2.10. The molecule has 0 fully saturated rings. The Kier molecular flexibility index (Phi) is 6.16. The lowest BCUT2D eigenvalue weighted by Gasteiger charge is -2.09. The van der Waals surface area contributed by atoms with Crippen molar-refractivity contribution in [2.75, 3.05) is 11.9 Å². The number of nitrogens with zero attached hydrogens (tertiary/aromatic N) is 2. The van der Waals surface area contributed by atoms with Crippen molar-refractivity contribution in [1.82, 2.24) is 9.97 Å². The van der Waals surface area contributed by atoms with Gasteiger partial charge >= 0.3 is 0 Å². The molecule has 0 unspecified atom stereocenters. The molecule has 0 amide bonds. The molecule has 0 bridgehead atoms. The zero-order valence-corrected chi connectivity index (χ0v) is 14.8. The third kappa shape index (κ3) is 5.71. The van der Waals surface area contributed by atoms with E-state index in [1.165, 1.54) is 11.1 Å². The Morgan fingerprint density at radius 2 is 1.40 bits per heavy atom. The number of benzene rings is 2. The first-order valence-electron chi connectivity index (χ1n) is 8.96. The van der Waals surface area contributed by atoms with Gasteiger partial charge < -0.3 is 5.32 Å². The minimum Gasteiger partial charge on any atom is -0.370 e. The Hall–Kier alpha value is -2.68. The zero-order valence-electron chi connectivity index (χ0n) is 14.8. The van der Waals surface area contributed by atoms with Crippen LogP contribution in [-0.2, 0) is 19.3 Å². The molecule has 25 heavy (non-hydrogen) atoms. The van der Waals surface area contributed by atoms with Crippen LogP contribution < -0.4 is 5.32 Å². The second-order valence-electron chi connectivity index (χ2n) is 6.31. The summed E-state index contributed by atoms with van der Waals surface area (Å²) in [5.74, 6) is 1.86. The van der Waals surface area contributed by atoms with Crippen molar-refractivity contribution >= 4 is 5.82 Å². The highest BCUT2D eigenvalue weighted by molar-refractivity contribution is 5.36. The Balaban J connectivity index is 1.51. The first-order valence-corrected chi connectivity index (χ1v) is 8.96. The third-order valence-electron chi connectivity index (χ3n) is 4.17. The molecule has 1 heterocycles. The molecule has 0 aliphatic heterocycles. The van der Waals surface area contributed by atoms with Gasteiger partial charge in [0, 0.05) is 24.7 Å². The van der Waals surface area contributed by atoms with Crippen molar-refractivity contribution < 1.29 is 0 Å². The number of hydrogen-bond donors (Lipinski definition) is 1. The summed E-state index contributed by atoms with van der Waals surface area (Å²) < 4.78 is 0. The van der Waals surface area contributed by atoms with Crippen molar-refractivity contribution in [3.63, 3.8) is 0 Å². The van der Waals surface area contributed by atoms with E-state index in [0.29, 0.717) is 0 Å². The van der Waals surface area contributed by atoms with Gasteiger partial charge in [0.25, 0.3) is 0 Å². The summed E-state index contributed by atoms with van der Waals surface area (Å²) in [7, 11) is 0. The standard InChI is InChI=1S/C22H25N3/c1-18-17-22(23-16-15-20-11-6-3-7-12-20)25-21(24-18)14-8-13-19-9-4-2-5-10-19/h2-7,9-12,17H,8,13-16H2,1H3,(H,23,24,25). The average molecular weight is 331 g/mol. The fraction of sp³-hybridized carbons (Fsp3) is 0.273. The maximum atomic E-state index is 4.67. The molecule has 0 saturated heterocycles. The molecule has 0 saturated carbocycles. The number of hydrogen-bond acceptors (Lipinski definition) is 3. The third-order valence-corrected chi connectivity index (χ3v) is 4.17. The van der Waals surface area contributed by atoms with E-state index in [4.69, 9.17) is 0 Å². The quantitative estimate of drug-likeness (QED) is 0.655. The van der Waals surface area contributed by atoms with Crippen LogP contribution in [0.1, 0.15) is 29.1 Å². The van der Waals surface area contributed by atoms with Gasteiger partial charge in [-0.2, -0.15) is 0 Å². The van der Waals surface area contributed by atoms with Crippen molar-refractivity contribution in [2.24, 2.45) is 0 Å². The molecule has 1 aromatic heterocycles. The molecule has 0 aliphatic carbocycles. The maximum Gasteiger partial charge on any atom is 0.130 e. The molecular formula is C22H25N3. The molecule has 0 aliphatic rings. The molecule has 1 N–H and O–H groups in total. The zero-order chi connectivity index (χ0) is 17.3. The summed E-state index contributed by atoms with van der Waals surface area (Å²) in [4.78, 5) is 9.25. The summed E-state index contributed by atoms with van der Waals surface area (Å²) in [6.45, 7) is 2.91. The minimum absolute atomic E-state index is 0.879. The summed E-state index contributed by atoms with van der Waals surface area (Å²) in [6, 6.07) is 23.1. The normalized spacial score (nSPS) is 10.6. The second-order valence-corrected chi connectivity index (χ2v) is 6.31. The number of aryl methyl sites for hydroxylation is 3. The minimum atomic E-state index is 0.879. The van der Waals surface area contributed by atoms with Crippen LogP contribution in [0.2, 0.25) is 0 Å². The van der Waals surface area contributed by atoms with Crippen LogP contribution in [0.3, 0.4) is 0 Å². The molecule has 0 spiro atoms. The van der Waals surface area contributed by atoms with E-state index in [1.807, 2.05) is 19.1 Å². The van der Waals surface area contributed by atoms with Gasteiger partial charge in [-0.05, 0) is 37.3 Å². The Labute approximate surface area is 150 Å². The van der Waals surface area contributed by atoms with E-state index in [9.17, 15) is 0 Å². The molecule has 2 aromatic carbocycles. The van der Waals surface area contributed by atoms with E-state index < -0.39 is 0 Å². The monoisotopic (exact) mass is 331 g/mol. The molecule has 3 rings (SSSR count). The fourth-order valence-corrected chi connectivity index (χ4v) is 2.91. The van der Waals surface area contributed by atoms with Gasteiger partial charge in [-0.3, -0.25) is 0 Å². The average Bonchev–Trinajstić information content (AvgIpc) is 2.63. The van der Waals surface area contributed by atoms with E-state index in [-0.39, 0.29) is 0 Å². The first-order chi connectivity index (χ1) is 12.3. The lowest BCUT2D eigenvalue weighted by atomic mass is 10.1. The van der Waals surface area contributed by atoms with Crippen LogP contribution in [-0.4, -0.2) is 16.5 Å². The van der Waals surface area contributed by atoms with Gasteiger partial charge in [-0.1, -0.05) is 60.7 Å². The second kappa shape index (κ2) is 8.97. The predicted octanol–water partition coefficient (Wildman–Crippen LogP) is 4.61. The summed E-state index contributed by atoms with van der Waals surface area (Å²) in [5, 5.41) is 3.43. The van der Waals surface area contributed by atoms with Gasteiger partial charge in [0.15, 0.2) is 0 Å². The van der Waals surface area contributed by atoms with Crippen molar-refractivity contribution in [2.45, 2.75) is 32.6 Å². The molecule has 128 valence electrons. The van der Waals surface area contributed by atoms with Gasteiger partial charge in [-0.25, -0.2) is 9.97 Å². The van der Waals surface area contributed by atoms with Crippen molar-refractivity contribution in [3.8, 4) is 0 Å². The molecule has 3 aromatic rings. The summed E-state index contributed by atoms with van der Waals surface area (Å²) in [6.07, 6.45) is 4.03. The van der Waals surface area contributed by atoms with E-state index in [2.05, 4.69) is 69.9 Å². The van der Waals surface area contributed by atoms with Crippen LogP contribution >= 0.6 is 0 Å². The number of nitrogens with one attached hydrogen (secondary N) is 1. The molecule has 3 heteroatoms. The maximum absolute atomic E-state index is 4.67. The van der Waals surface area contributed by atoms with Crippen molar-refractivity contribution in [1.29, 1.82) is 0 Å². The summed E-state index contributed by atoms with van der Waals surface area (Å²) >= 11 is 0. The number of rotatable bonds is 8. The van der Waals surface area contributed by atoms with Crippen LogP contribution in [0.15, 0.2) is 66.7 Å². The molecular weight excluding hydrogens is 306 g/mol. The van der Waals surface area contributed by atoms with Gasteiger partial charge in [0.1, 0.15) is 11.6 Å². The van der Waals surface area contributed by atoms with Gasteiger partial charge in [0.2, 0.25) is 0 Å².